The van der Waals surface area contributed by atoms with Crippen LogP contribution in [0.15, 0.2) is 65.6 Å². The maximum atomic E-state index is 13.0. The Kier molecular flexibility index (Phi) is 5.38. The van der Waals surface area contributed by atoms with E-state index in [-0.39, 0.29) is 18.2 Å². The Morgan fingerprint density at radius 2 is 1.80 bits per heavy atom. The predicted molar refractivity (Wildman–Crippen MR) is 106 cm³/mol. The molecule has 1 amide bonds. The van der Waals surface area contributed by atoms with Crippen molar-refractivity contribution >= 4 is 26.6 Å². The van der Waals surface area contributed by atoms with E-state index < -0.39 is 26.4 Å². The number of hydrogen-bond donors (Lipinski definition) is 0. The molecule has 1 aromatic heterocycles. The number of fused-ring (bicyclic) bond motifs is 1. The molecule has 156 valence electrons. The number of carbonyl (C=O) groups is 1. The Bertz CT molecular complexity index is 1200. The third-order valence-electron chi connectivity index (χ3n) is 4.95. The van der Waals surface area contributed by atoms with Crippen molar-refractivity contribution < 1.29 is 26.7 Å². The number of amides is 1. The van der Waals surface area contributed by atoms with Crippen LogP contribution < -0.4 is 4.74 Å². The van der Waals surface area contributed by atoms with E-state index in [0.29, 0.717) is 18.8 Å². The summed E-state index contributed by atoms with van der Waals surface area (Å²) in [6.07, 6.45) is 0.186. The highest BCUT2D eigenvalue weighted by Gasteiger charge is 2.34. The Morgan fingerprint density at radius 3 is 2.60 bits per heavy atom. The van der Waals surface area contributed by atoms with Gasteiger partial charge in [0.2, 0.25) is 15.7 Å². The summed E-state index contributed by atoms with van der Waals surface area (Å²) in [6.45, 7) is 0.524. The third kappa shape index (κ3) is 3.85. The van der Waals surface area contributed by atoms with Gasteiger partial charge in [0.05, 0.1) is 22.5 Å². The number of pyridine rings is 1. The van der Waals surface area contributed by atoms with E-state index in [2.05, 4.69) is 4.98 Å². The third-order valence-corrected chi connectivity index (χ3v) is 6.39. The van der Waals surface area contributed by atoms with E-state index in [1.165, 1.54) is 23.1 Å². The summed E-state index contributed by atoms with van der Waals surface area (Å²) in [6, 6.07) is 16.3. The number of likely N-dealkylation sites (tertiary alicyclic amines) is 1. The van der Waals surface area contributed by atoms with Crippen LogP contribution in [0.25, 0.3) is 10.9 Å². The average Bonchev–Trinajstić information content (AvgIpc) is 3.21. The standard InChI is InChI=1S/C21H18F2N2O4S/c22-21(23)30(27,28)18-8-4-2-6-16(18)20(26)25-12-11-15(13-25)29-19-10-9-14-5-1-3-7-17(14)24-19/h1-10,15,21H,11-13H2. The number of halogens is 2. The summed E-state index contributed by atoms with van der Waals surface area (Å²) in [4.78, 5) is 18.0. The van der Waals surface area contributed by atoms with E-state index in [9.17, 15) is 22.0 Å². The summed E-state index contributed by atoms with van der Waals surface area (Å²) in [5.74, 6) is -3.79. The lowest BCUT2D eigenvalue weighted by atomic mass is 10.2. The average molecular weight is 432 g/mol. The molecule has 9 heteroatoms. The van der Waals surface area contributed by atoms with Crippen LogP contribution in [-0.4, -0.2) is 49.2 Å². The van der Waals surface area contributed by atoms with Gasteiger partial charge in [-0.05, 0) is 24.3 Å². The lowest BCUT2D eigenvalue weighted by molar-refractivity contribution is 0.0767. The van der Waals surface area contributed by atoms with Gasteiger partial charge in [0, 0.05) is 24.4 Å². The van der Waals surface area contributed by atoms with Crippen molar-refractivity contribution in [2.45, 2.75) is 23.2 Å². The van der Waals surface area contributed by atoms with Gasteiger partial charge in [0.1, 0.15) is 6.10 Å². The summed E-state index contributed by atoms with van der Waals surface area (Å²) < 4.78 is 55.7. The lowest BCUT2D eigenvalue weighted by Crippen LogP contribution is -2.32. The molecule has 2 heterocycles. The molecule has 4 rings (SSSR count). The van der Waals surface area contributed by atoms with Crippen molar-refractivity contribution in [1.29, 1.82) is 0 Å². The molecular weight excluding hydrogens is 414 g/mol. The topological polar surface area (TPSA) is 76.6 Å². The Balaban J connectivity index is 1.50. The molecule has 0 saturated carbocycles. The Morgan fingerprint density at radius 1 is 1.07 bits per heavy atom. The van der Waals surface area contributed by atoms with Gasteiger partial charge in [-0.25, -0.2) is 13.4 Å². The van der Waals surface area contributed by atoms with Crippen LogP contribution in [0.4, 0.5) is 8.78 Å². The fourth-order valence-electron chi connectivity index (χ4n) is 3.45. The predicted octanol–water partition coefficient (Wildman–Crippen LogP) is 3.52. The van der Waals surface area contributed by atoms with Gasteiger partial charge in [0.25, 0.3) is 5.91 Å². The molecule has 1 atom stereocenters. The van der Waals surface area contributed by atoms with E-state index >= 15 is 0 Å². The molecule has 1 aliphatic heterocycles. The van der Waals surface area contributed by atoms with Crippen molar-refractivity contribution in [3.8, 4) is 5.88 Å². The molecule has 1 aliphatic rings. The monoisotopic (exact) mass is 432 g/mol. The van der Waals surface area contributed by atoms with Crippen molar-refractivity contribution in [3.63, 3.8) is 0 Å². The van der Waals surface area contributed by atoms with Crippen LogP contribution in [0, 0.1) is 0 Å². The molecule has 1 saturated heterocycles. The lowest BCUT2D eigenvalue weighted by Gasteiger charge is -2.19. The molecule has 0 N–H and O–H groups in total. The summed E-state index contributed by atoms with van der Waals surface area (Å²) >= 11 is 0. The highest BCUT2D eigenvalue weighted by molar-refractivity contribution is 7.91. The van der Waals surface area contributed by atoms with Gasteiger partial charge in [-0.2, -0.15) is 8.78 Å². The number of rotatable bonds is 5. The quantitative estimate of drug-likeness (QED) is 0.617. The summed E-state index contributed by atoms with van der Waals surface area (Å²) in [5, 5.41) is 0.977. The molecule has 0 spiro atoms. The van der Waals surface area contributed by atoms with Gasteiger partial charge in [-0.15, -0.1) is 0 Å². The largest absolute Gasteiger partial charge is 0.472 e. The summed E-state index contributed by atoms with van der Waals surface area (Å²) in [7, 11) is -4.89. The first-order chi connectivity index (χ1) is 14.4. The second kappa shape index (κ2) is 7.98. The minimum Gasteiger partial charge on any atom is -0.472 e. The van der Waals surface area contributed by atoms with E-state index in [0.717, 1.165) is 17.0 Å². The molecule has 6 nitrogen and oxygen atoms in total. The summed E-state index contributed by atoms with van der Waals surface area (Å²) in [5.41, 5.74) is 0.523. The number of hydrogen-bond acceptors (Lipinski definition) is 5. The zero-order valence-corrected chi connectivity index (χ0v) is 16.6. The maximum Gasteiger partial charge on any atom is 0.341 e. The van der Waals surface area contributed by atoms with E-state index in [1.807, 2.05) is 30.3 Å². The van der Waals surface area contributed by atoms with Crippen LogP contribution in [0.2, 0.25) is 0 Å². The number of sulfone groups is 1. The second-order valence-electron chi connectivity index (χ2n) is 6.92. The van der Waals surface area contributed by atoms with Gasteiger partial charge >= 0.3 is 5.76 Å². The first-order valence-corrected chi connectivity index (χ1v) is 10.8. The Hall–Kier alpha value is -3.07. The number of alkyl halides is 2. The van der Waals surface area contributed by atoms with Gasteiger partial charge < -0.3 is 9.64 Å². The molecule has 3 aromatic rings. The van der Waals surface area contributed by atoms with Crippen LogP contribution in [0.3, 0.4) is 0 Å². The van der Waals surface area contributed by atoms with Crippen molar-refractivity contribution in [2.75, 3.05) is 13.1 Å². The second-order valence-corrected chi connectivity index (χ2v) is 8.81. The first kappa shape index (κ1) is 20.2. The Labute approximate surface area is 172 Å². The van der Waals surface area contributed by atoms with Gasteiger partial charge in [0.15, 0.2) is 0 Å². The highest BCUT2D eigenvalue weighted by atomic mass is 32.2. The van der Waals surface area contributed by atoms with E-state index in [4.69, 9.17) is 4.74 Å². The van der Waals surface area contributed by atoms with Gasteiger partial charge in [-0.3, -0.25) is 4.79 Å². The van der Waals surface area contributed by atoms with Crippen molar-refractivity contribution in [3.05, 3.63) is 66.2 Å². The van der Waals surface area contributed by atoms with Crippen LogP contribution in [-0.2, 0) is 9.84 Å². The normalized spacial score (nSPS) is 16.9. The fourth-order valence-corrected chi connectivity index (χ4v) is 4.37. The van der Waals surface area contributed by atoms with Crippen LogP contribution in [0.1, 0.15) is 16.8 Å². The molecular formula is C21H18F2N2O4S. The molecule has 0 bridgehead atoms. The molecule has 0 aliphatic carbocycles. The number of carbonyl (C=O) groups excluding carboxylic acids is 1. The number of ether oxygens (including phenoxy) is 1. The van der Waals surface area contributed by atoms with Gasteiger partial charge in [-0.1, -0.05) is 30.3 Å². The molecule has 1 fully saturated rings. The first-order valence-electron chi connectivity index (χ1n) is 9.29. The molecule has 0 radical (unpaired) electrons. The molecule has 30 heavy (non-hydrogen) atoms. The number of nitrogens with zero attached hydrogens (tertiary/aromatic N) is 2. The zero-order valence-electron chi connectivity index (χ0n) is 15.7. The zero-order chi connectivity index (χ0) is 21.3. The van der Waals surface area contributed by atoms with Crippen molar-refractivity contribution in [1.82, 2.24) is 9.88 Å². The minimum absolute atomic E-state index is 0.205. The number of aromatic nitrogens is 1. The van der Waals surface area contributed by atoms with Crippen molar-refractivity contribution in [2.24, 2.45) is 0 Å². The fraction of sp³-hybridized carbons (Fsp3) is 0.238. The van der Waals surface area contributed by atoms with Crippen LogP contribution in [0.5, 0.6) is 5.88 Å². The van der Waals surface area contributed by atoms with Crippen LogP contribution >= 0.6 is 0 Å². The molecule has 2 aromatic carbocycles. The number of benzene rings is 2. The van der Waals surface area contributed by atoms with E-state index in [1.54, 1.807) is 6.07 Å². The highest BCUT2D eigenvalue weighted by Crippen LogP contribution is 2.26. The molecule has 1 unspecified atom stereocenters. The maximum absolute atomic E-state index is 13.0. The minimum atomic E-state index is -4.89. The number of para-hydroxylation sites is 1. The SMILES string of the molecule is O=C(c1ccccc1S(=O)(=O)C(F)F)N1CCC(Oc2ccc3ccccc3n2)C1. The smallest absolute Gasteiger partial charge is 0.341 e.